The average Bonchev–Trinajstić information content (AvgIpc) is 3.39. The van der Waals surface area contributed by atoms with E-state index in [-0.39, 0.29) is 29.8 Å². The smallest absolute Gasteiger partial charge is 0.273 e. The third kappa shape index (κ3) is 4.28. The van der Waals surface area contributed by atoms with E-state index in [2.05, 4.69) is 15.4 Å². The molecule has 0 radical (unpaired) electrons. The Morgan fingerprint density at radius 2 is 1.83 bits per heavy atom. The first-order valence-electron chi connectivity index (χ1n) is 11.1. The highest BCUT2D eigenvalue weighted by atomic mass is 32.2. The number of morpholine rings is 1. The number of hydrogen-bond donors (Lipinski definition) is 1. The summed E-state index contributed by atoms with van der Waals surface area (Å²) in [4.78, 5) is 14.7. The lowest BCUT2D eigenvalue weighted by Gasteiger charge is -2.38. The van der Waals surface area contributed by atoms with Gasteiger partial charge in [0.1, 0.15) is 5.76 Å². The number of nitrogens with zero attached hydrogens (tertiary/aromatic N) is 3. The molecule has 10 heteroatoms. The number of carbonyl (C=O) groups is 1. The van der Waals surface area contributed by atoms with Gasteiger partial charge in [0, 0.05) is 49.7 Å². The minimum atomic E-state index is -3.31. The molecule has 30 heavy (non-hydrogen) atoms. The minimum Gasteiger partial charge on any atom is -0.379 e. The highest BCUT2D eigenvalue weighted by molar-refractivity contribution is 7.89. The predicted molar refractivity (Wildman–Crippen MR) is 109 cm³/mol. The van der Waals surface area contributed by atoms with E-state index >= 15 is 0 Å². The van der Waals surface area contributed by atoms with Gasteiger partial charge < -0.3 is 14.6 Å². The SMILES string of the molecule is O=C(N[C@H]1C[C@H]2CC[C@@H](C1)N2S(=O)(=O)CCN1CCOCC1)c1cc(C2CC2)on1. The molecule has 0 unspecified atom stereocenters. The highest BCUT2D eigenvalue weighted by Crippen LogP contribution is 2.40. The molecule has 0 aromatic carbocycles. The Balaban J connectivity index is 1.17. The van der Waals surface area contributed by atoms with Gasteiger partial charge in [-0.1, -0.05) is 5.16 Å². The Kier molecular flexibility index (Phi) is 5.59. The van der Waals surface area contributed by atoms with E-state index in [1.54, 1.807) is 10.4 Å². The normalized spacial score (nSPS) is 30.5. The van der Waals surface area contributed by atoms with Crippen molar-refractivity contribution in [3.8, 4) is 0 Å². The molecule has 3 aliphatic heterocycles. The summed E-state index contributed by atoms with van der Waals surface area (Å²) in [5.74, 6) is 1.14. The molecular weight excluding hydrogens is 408 g/mol. The number of rotatable bonds is 7. The van der Waals surface area contributed by atoms with Gasteiger partial charge in [-0.2, -0.15) is 4.31 Å². The van der Waals surface area contributed by atoms with Crippen LogP contribution in [0.2, 0.25) is 0 Å². The third-order valence-electron chi connectivity index (χ3n) is 6.83. The molecule has 1 aliphatic carbocycles. The number of nitrogens with one attached hydrogen (secondary N) is 1. The van der Waals surface area contributed by atoms with Crippen LogP contribution in [0.15, 0.2) is 10.6 Å². The molecule has 9 nitrogen and oxygen atoms in total. The first-order valence-corrected chi connectivity index (χ1v) is 12.7. The van der Waals surface area contributed by atoms with Crippen molar-refractivity contribution in [2.24, 2.45) is 0 Å². The summed E-state index contributed by atoms with van der Waals surface area (Å²) in [7, 11) is -3.31. The van der Waals surface area contributed by atoms with Gasteiger partial charge in [-0.25, -0.2) is 8.42 Å². The Morgan fingerprint density at radius 3 is 2.50 bits per heavy atom. The predicted octanol–water partition coefficient (Wildman–Crippen LogP) is 0.939. The summed E-state index contributed by atoms with van der Waals surface area (Å²) in [5.41, 5.74) is 0.324. The van der Waals surface area contributed by atoms with Crippen LogP contribution in [-0.2, 0) is 14.8 Å². The molecule has 5 rings (SSSR count). The standard InChI is InChI=1S/C20H30N4O5S/c25-20(18-13-19(29-22-18)14-1-2-14)21-15-11-16-3-4-17(12-15)24(16)30(26,27)10-7-23-5-8-28-9-6-23/h13-17H,1-12H2,(H,21,25)/t15-,16+,17-. The molecule has 4 fully saturated rings. The van der Waals surface area contributed by atoms with Crippen LogP contribution < -0.4 is 5.32 Å². The van der Waals surface area contributed by atoms with Crippen LogP contribution in [-0.4, -0.2) is 85.4 Å². The summed E-state index contributed by atoms with van der Waals surface area (Å²) in [6.45, 7) is 3.48. The zero-order valence-electron chi connectivity index (χ0n) is 17.2. The van der Waals surface area contributed by atoms with Crippen LogP contribution in [0.4, 0.5) is 0 Å². The van der Waals surface area contributed by atoms with Crippen LogP contribution >= 0.6 is 0 Å². The first kappa shape index (κ1) is 20.4. The second-order valence-electron chi connectivity index (χ2n) is 9.02. The molecule has 2 bridgehead atoms. The molecule has 4 aliphatic rings. The van der Waals surface area contributed by atoms with Crippen LogP contribution in [0.25, 0.3) is 0 Å². The average molecular weight is 439 g/mol. The summed E-state index contributed by atoms with van der Waals surface area (Å²) in [6, 6.07) is 1.67. The van der Waals surface area contributed by atoms with Gasteiger partial charge in [0.25, 0.3) is 5.91 Å². The van der Waals surface area contributed by atoms with E-state index in [9.17, 15) is 13.2 Å². The first-order chi connectivity index (χ1) is 14.5. The van der Waals surface area contributed by atoms with Crippen molar-refractivity contribution < 1.29 is 22.5 Å². The maximum Gasteiger partial charge on any atom is 0.273 e. The lowest BCUT2D eigenvalue weighted by molar-refractivity contribution is 0.0406. The molecule has 3 saturated heterocycles. The summed E-state index contributed by atoms with van der Waals surface area (Å²) < 4.78 is 38.5. The number of sulfonamides is 1. The van der Waals surface area contributed by atoms with Crippen molar-refractivity contribution >= 4 is 15.9 Å². The van der Waals surface area contributed by atoms with E-state index in [1.807, 2.05) is 0 Å². The number of hydrogen-bond acceptors (Lipinski definition) is 7. The Hall–Kier alpha value is -1.49. The van der Waals surface area contributed by atoms with Crippen LogP contribution in [0.3, 0.4) is 0 Å². The van der Waals surface area contributed by atoms with E-state index in [4.69, 9.17) is 9.26 Å². The maximum absolute atomic E-state index is 13.1. The number of carbonyl (C=O) groups excluding carboxylic acids is 1. The molecule has 1 amide bonds. The van der Waals surface area contributed by atoms with Gasteiger partial charge >= 0.3 is 0 Å². The second-order valence-corrected chi connectivity index (χ2v) is 11.0. The van der Waals surface area contributed by atoms with E-state index in [0.717, 1.165) is 44.5 Å². The van der Waals surface area contributed by atoms with Crippen LogP contribution in [0, 0.1) is 0 Å². The van der Waals surface area contributed by atoms with E-state index in [0.29, 0.717) is 44.2 Å². The number of piperidine rings is 1. The van der Waals surface area contributed by atoms with Crippen molar-refractivity contribution in [3.05, 3.63) is 17.5 Å². The van der Waals surface area contributed by atoms with Crippen molar-refractivity contribution in [1.82, 2.24) is 19.7 Å². The zero-order valence-corrected chi connectivity index (χ0v) is 18.0. The topological polar surface area (TPSA) is 105 Å². The monoisotopic (exact) mass is 438 g/mol. The van der Waals surface area contributed by atoms with E-state index in [1.165, 1.54) is 0 Å². The van der Waals surface area contributed by atoms with Gasteiger partial charge in [-0.3, -0.25) is 9.69 Å². The zero-order chi connectivity index (χ0) is 20.7. The van der Waals surface area contributed by atoms with Gasteiger partial charge in [-0.15, -0.1) is 0 Å². The molecule has 1 saturated carbocycles. The fourth-order valence-corrected chi connectivity index (χ4v) is 7.09. The maximum atomic E-state index is 13.1. The van der Waals surface area contributed by atoms with Gasteiger partial charge in [0.05, 0.1) is 19.0 Å². The number of ether oxygens (including phenoxy) is 1. The third-order valence-corrected chi connectivity index (χ3v) is 8.77. The molecule has 166 valence electrons. The van der Waals surface area contributed by atoms with Crippen LogP contribution in [0.5, 0.6) is 0 Å². The molecular formula is C20H30N4O5S. The quantitative estimate of drug-likeness (QED) is 0.675. The van der Waals surface area contributed by atoms with Gasteiger partial charge in [0.2, 0.25) is 10.0 Å². The summed E-state index contributed by atoms with van der Waals surface area (Å²) in [5, 5.41) is 6.97. The lowest BCUT2D eigenvalue weighted by Crippen LogP contribution is -2.53. The van der Waals surface area contributed by atoms with Crippen molar-refractivity contribution in [2.75, 3.05) is 38.6 Å². The Morgan fingerprint density at radius 1 is 1.13 bits per heavy atom. The second kappa shape index (κ2) is 8.22. The van der Waals surface area contributed by atoms with E-state index < -0.39 is 10.0 Å². The summed E-state index contributed by atoms with van der Waals surface area (Å²) >= 11 is 0. The largest absolute Gasteiger partial charge is 0.379 e. The minimum absolute atomic E-state index is 0.0249. The number of fused-ring (bicyclic) bond motifs is 2. The molecule has 4 heterocycles. The summed E-state index contributed by atoms with van der Waals surface area (Å²) in [6.07, 6.45) is 5.24. The fourth-order valence-electron chi connectivity index (χ4n) is 5.10. The molecule has 0 spiro atoms. The number of amides is 1. The van der Waals surface area contributed by atoms with Crippen LogP contribution in [0.1, 0.15) is 60.7 Å². The van der Waals surface area contributed by atoms with Gasteiger partial charge in [-0.05, 0) is 38.5 Å². The number of aromatic nitrogens is 1. The molecule has 1 aromatic rings. The Bertz CT molecular complexity index is 864. The molecule has 1 N–H and O–H groups in total. The van der Waals surface area contributed by atoms with Crippen molar-refractivity contribution in [2.45, 2.75) is 62.6 Å². The molecule has 3 atom stereocenters. The van der Waals surface area contributed by atoms with Crippen molar-refractivity contribution in [3.63, 3.8) is 0 Å². The highest BCUT2D eigenvalue weighted by Gasteiger charge is 2.47. The molecule has 1 aromatic heterocycles. The lowest BCUT2D eigenvalue weighted by atomic mass is 9.99. The Labute approximate surface area is 177 Å². The fraction of sp³-hybridized carbons (Fsp3) is 0.800. The van der Waals surface area contributed by atoms with Gasteiger partial charge in [0.15, 0.2) is 5.69 Å². The van der Waals surface area contributed by atoms with Crippen molar-refractivity contribution in [1.29, 1.82) is 0 Å².